The van der Waals surface area contributed by atoms with Crippen molar-refractivity contribution in [3.8, 4) is 6.07 Å². The topological polar surface area (TPSA) is 55.0 Å². The highest BCUT2D eigenvalue weighted by atomic mass is 79.9. The van der Waals surface area contributed by atoms with E-state index < -0.39 is 5.97 Å². The Hall–Kier alpha value is -1.28. The van der Waals surface area contributed by atoms with Crippen LogP contribution in [-0.2, 0) is 11.8 Å². The molecule has 0 radical (unpaired) electrons. The van der Waals surface area contributed by atoms with Crippen molar-refractivity contribution < 1.29 is 9.53 Å². The van der Waals surface area contributed by atoms with Gasteiger partial charge in [0, 0.05) is 7.05 Å². The number of aromatic nitrogens is 1. The summed E-state index contributed by atoms with van der Waals surface area (Å²) in [5, 5.41) is 8.67. The number of carbonyl (C=O) groups excluding carboxylic acids is 1. The first-order chi connectivity index (χ1) is 6.11. The smallest absolute Gasteiger partial charge is 0.354 e. The largest absolute Gasteiger partial charge is 0.464 e. The normalized spacial score (nSPS) is 9.38. The molecule has 1 heterocycles. The van der Waals surface area contributed by atoms with Crippen molar-refractivity contribution >= 4 is 21.9 Å². The second kappa shape index (κ2) is 3.62. The van der Waals surface area contributed by atoms with Crippen LogP contribution in [0.5, 0.6) is 0 Å². The number of halogens is 1. The van der Waals surface area contributed by atoms with Gasteiger partial charge >= 0.3 is 5.97 Å². The Morgan fingerprint density at radius 2 is 2.38 bits per heavy atom. The molecule has 4 nitrogen and oxygen atoms in total. The van der Waals surface area contributed by atoms with E-state index in [1.165, 1.54) is 13.2 Å². The second-order valence-corrected chi connectivity index (χ2v) is 3.15. The number of rotatable bonds is 1. The fourth-order valence-corrected chi connectivity index (χ4v) is 1.35. The zero-order chi connectivity index (χ0) is 10.0. The lowest BCUT2D eigenvalue weighted by Crippen LogP contribution is -2.07. The summed E-state index contributed by atoms with van der Waals surface area (Å²) >= 11 is 3.19. The number of nitrogens with zero attached hydrogens (tertiary/aromatic N) is 2. The molecule has 0 atom stereocenters. The maximum absolute atomic E-state index is 11.1. The summed E-state index contributed by atoms with van der Waals surface area (Å²) in [6.07, 6.45) is 0. The van der Waals surface area contributed by atoms with Crippen molar-refractivity contribution in [3.05, 3.63) is 21.9 Å². The maximum atomic E-state index is 11.1. The van der Waals surface area contributed by atoms with Crippen molar-refractivity contribution in [1.82, 2.24) is 4.57 Å². The molecule has 0 aromatic carbocycles. The quantitative estimate of drug-likeness (QED) is 0.701. The second-order valence-electron chi connectivity index (χ2n) is 2.40. The van der Waals surface area contributed by atoms with Crippen LogP contribution in [0.1, 0.15) is 16.1 Å². The van der Waals surface area contributed by atoms with Crippen molar-refractivity contribution in [1.29, 1.82) is 5.26 Å². The lowest BCUT2D eigenvalue weighted by molar-refractivity contribution is 0.0589. The monoisotopic (exact) mass is 242 g/mol. The third-order valence-electron chi connectivity index (χ3n) is 1.67. The lowest BCUT2D eigenvalue weighted by atomic mass is 10.3. The van der Waals surface area contributed by atoms with Crippen LogP contribution in [0, 0.1) is 11.3 Å². The minimum absolute atomic E-state index is 0.353. The Morgan fingerprint density at radius 3 is 2.77 bits per heavy atom. The van der Waals surface area contributed by atoms with E-state index >= 15 is 0 Å². The summed E-state index contributed by atoms with van der Waals surface area (Å²) < 4.78 is 6.68. The highest BCUT2D eigenvalue weighted by Gasteiger charge is 2.16. The molecule has 1 aromatic rings. The Labute approximate surface area is 83.8 Å². The minimum Gasteiger partial charge on any atom is -0.464 e. The first kappa shape index (κ1) is 9.81. The van der Waals surface area contributed by atoms with Gasteiger partial charge in [0.2, 0.25) is 0 Å². The molecule has 0 spiro atoms. The first-order valence-electron chi connectivity index (χ1n) is 3.45. The van der Waals surface area contributed by atoms with Crippen LogP contribution in [0.25, 0.3) is 0 Å². The van der Waals surface area contributed by atoms with Gasteiger partial charge in [-0.1, -0.05) is 0 Å². The molecule has 0 aliphatic carbocycles. The molecular formula is C8H7BrN2O2. The van der Waals surface area contributed by atoms with E-state index in [0.717, 1.165) is 0 Å². The summed E-state index contributed by atoms with van der Waals surface area (Å²) in [4.78, 5) is 11.1. The lowest BCUT2D eigenvalue weighted by Gasteiger charge is -2.00. The van der Waals surface area contributed by atoms with Gasteiger partial charge in [0.15, 0.2) is 0 Å². The Balaban J connectivity index is 3.27. The number of hydrogen-bond donors (Lipinski definition) is 0. The Bertz CT molecular complexity index is 390. The van der Waals surface area contributed by atoms with Crippen molar-refractivity contribution in [3.63, 3.8) is 0 Å². The molecule has 5 heteroatoms. The van der Waals surface area contributed by atoms with E-state index in [0.29, 0.717) is 15.9 Å². The fourth-order valence-electron chi connectivity index (χ4n) is 0.958. The Morgan fingerprint density at radius 1 is 1.77 bits per heavy atom. The predicted octanol–water partition coefficient (Wildman–Crippen LogP) is 1.45. The number of methoxy groups -OCH3 is 1. The van der Waals surface area contributed by atoms with Gasteiger partial charge in [-0.15, -0.1) is 0 Å². The molecule has 0 aliphatic rings. The average Bonchev–Trinajstić information content (AvgIpc) is 2.43. The number of ether oxygens (including phenoxy) is 1. The highest BCUT2D eigenvalue weighted by Crippen LogP contribution is 2.20. The van der Waals surface area contributed by atoms with E-state index in [9.17, 15) is 4.79 Å². The molecular weight excluding hydrogens is 236 g/mol. The molecule has 0 unspecified atom stereocenters. The number of esters is 1. The van der Waals surface area contributed by atoms with Gasteiger partial charge in [-0.2, -0.15) is 5.26 Å². The summed E-state index contributed by atoms with van der Waals surface area (Å²) in [5.74, 6) is -0.454. The zero-order valence-corrected chi connectivity index (χ0v) is 8.75. The van der Waals surface area contributed by atoms with E-state index in [2.05, 4.69) is 20.7 Å². The van der Waals surface area contributed by atoms with Crippen molar-refractivity contribution in [2.45, 2.75) is 0 Å². The molecule has 1 rings (SSSR count). The molecule has 0 saturated heterocycles. The molecule has 13 heavy (non-hydrogen) atoms. The van der Waals surface area contributed by atoms with Gasteiger partial charge in [0.25, 0.3) is 0 Å². The predicted molar refractivity (Wildman–Crippen MR) is 49.2 cm³/mol. The average molecular weight is 243 g/mol. The molecule has 1 aromatic heterocycles. The first-order valence-corrected chi connectivity index (χ1v) is 4.24. The van der Waals surface area contributed by atoms with Crippen LogP contribution >= 0.6 is 15.9 Å². The zero-order valence-electron chi connectivity index (χ0n) is 7.17. The van der Waals surface area contributed by atoms with E-state index in [1.54, 1.807) is 11.6 Å². The SMILES string of the molecule is COC(=O)c1cc(C#N)c(Br)n1C. The van der Waals surface area contributed by atoms with Crippen LogP contribution in [0.4, 0.5) is 0 Å². The van der Waals surface area contributed by atoms with Crippen LogP contribution in [0.15, 0.2) is 10.7 Å². The molecule has 0 amide bonds. The van der Waals surface area contributed by atoms with Gasteiger partial charge in [-0.3, -0.25) is 0 Å². The van der Waals surface area contributed by atoms with Crippen LogP contribution in [0.2, 0.25) is 0 Å². The third kappa shape index (κ3) is 1.58. The standard InChI is InChI=1S/C8H7BrN2O2/c1-11-6(8(12)13-2)3-5(4-10)7(11)9/h3H,1-2H3. The van der Waals surface area contributed by atoms with E-state index in [4.69, 9.17) is 5.26 Å². The molecule has 0 aliphatic heterocycles. The summed E-state index contributed by atoms with van der Waals surface area (Å²) in [7, 11) is 2.98. The molecule has 0 saturated carbocycles. The van der Waals surface area contributed by atoms with E-state index in [-0.39, 0.29) is 0 Å². The summed E-state index contributed by atoms with van der Waals surface area (Å²) in [6.45, 7) is 0. The molecule has 0 fully saturated rings. The molecule has 0 bridgehead atoms. The molecule has 0 N–H and O–H groups in total. The number of nitriles is 1. The number of hydrogen-bond acceptors (Lipinski definition) is 3. The van der Waals surface area contributed by atoms with Gasteiger partial charge in [0.05, 0.1) is 12.7 Å². The van der Waals surface area contributed by atoms with Gasteiger partial charge in [0.1, 0.15) is 16.4 Å². The highest BCUT2D eigenvalue weighted by molar-refractivity contribution is 9.10. The third-order valence-corrected chi connectivity index (χ3v) is 2.63. The Kier molecular flexibility index (Phi) is 2.73. The minimum atomic E-state index is -0.454. The summed E-state index contributed by atoms with van der Waals surface area (Å²) in [6, 6.07) is 3.44. The fraction of sp³-hybridized carbons (Fsp3) is 0.250. The summed E-state index contributed by atoms with van der Waals surface area (Å²) in [5.41, 5.74) is 0.772. The van der Waals surface area contributed by atoms with Gasteiger partial charge in [-0.25, -0.2) is 4.79 Å². The number of carbonyl (C=O) groups is 1. The maximum Gasteiger partial charge on any atom is 0.354 e. The van der Waals surface area contributed by atoms with Gasteiger partial charge < -0.3 is 9.30 Å². The van der Waals surface area contributed by atoms with Gasteiger partial charge in [-0.05, 0) is 22.0 Å². The van der Waals surface area contributed by atoms with Crippen molar-refractivity contribution in [2.24, 2.45) is 7.05 Å². The van der Waals surface area contributed by atoms with Crippen LogP contribution in [-0.4, -0.2) is 17.6 Å². The van der Waals surface area contributed by atoms with E-state index in [1.807, 2.05) is 6.07 Å². The van der Waals surface area contributed by atoms with Crippen molar-refractivity contribution in [2.75, 3.05) is 7.11 Å². The molecule has 68 valence electrons. The van der Waals surface area contributed by atoms with Crippen LogP contribution in [0.3, 0.4) is 0 Å². The van der Waals surface area contributed by atoms with Crippen LogP contribution < -0.4 is 0 Å².